The number of aliphatic imine (C=N–C) groups is 1. The van der Waals surface area contributed by atoms with Crippen molar-refractivity contribution >= 4 is 48.1 Å². The minimum absolute atomic E-state index is 0.114. The van der Waals surface area contributed by atoms with Gasteiger partial charge in [0.1, 0.15) is 10.8 Å². The van der Waals surface area contributed by atoms with Crippen molar-refractivity contribution in [1.82, 2.24) is 15.2 Å². The Kier molecular flexibility index (Phi) is 12.9. The van der Waals surface area contributed by atoms with Crippen molar-refractivity contribution in [2.45, 2.75) is 52.3 Å². The Labute approximate surface area is 253 Å². The number of rotatable bonds is 15. The van der Waals surface area contributed by atoms with Crippen LogP contribution in [-0.2, 0) is 19.4 Å². The average molecular weight is 587 g/mol. The van der Waals surface area contributed by atoms with E-state index in [-0.39, 0.29) is 12.5 Å². The van der Waals surface area contributed by atoms with E-state index < -0.39 is 0 Å². The lowest BCUT2D eigenvalue weighted by Crippen LogP contribution is -2.22. The number of nitrogens with zero attached hydrogens (tertiary/aromatic N) is 4. The molecule has 0 radical (unpaired) electrons. The first kappa shape index (κ1) is 31.8. The molecule has 1 aromatic heterocycles. The molecule has 0 spiro atoms. The van der Waals surface area contributed by atoms with Gasteiger partial charge in [-0.3, -0.25) is 9.98 Å². The van der Waals surface area contributed by atoms with Crippen molar-refractivity contribution in [3.05, 3.63) is 107 Å². The fourth-order valence-corrected chi connectivity index (χ4v) is 5.72. The number of hydrogen-bond donors (Lipinski definition) is 2. The van der Waals surface area contributed by atoms with Crippen molar-refractivity contribution in [1.29, 1.82) is 5.26 Å². The SMILES string of the molecule is C=C/C(C(=S)Nc1cccc(F)c1CC)=C(\CCB(C)C#N)NCc1ccncc1CCC1=CSCN1/C=C\N=C. The molecule has 0 bridgehead atoms. The van der Waals surface area contributed by atoms with Crippen LogP contribution in [0.2, 0.25) is 13.1 Å². The number of nitrogens with one attached hydrogen (secondary N) is 2. The first-order chi connectivity index (χ1) is 19.9. The maximum absolute atomic E-state index is 14.4. The number of anilines is 1. The molecule has 2 aromatic rings. The van der Waals surface area contributed by atoms with Crippen molar-refractivity contribution in [3.8, 4) is 5.97 Å². The third kappa shape index (κ3) is 9.17. The molecule has 1 aliphatic rings. The van der Waals surface area contributed by atoms with Gasteiger partial charge in [-0.15, -0.1) is 11.8 Å². The molecule has 0 amide bonds. The van der Waals surface area contributed by atoms with Crippen molar-refractivity contribution < 1.29 is 4.39 Å². The standard InChI is InChI=1S/C31H36BFN6S2/c1-5-26-28(33)8-7-9-30(26)38-31(40)27(6-2)29(12-14-32(3)21-34)37-19-24-13-15-36-18-23(24)10-11-25-20-41-22-39(25)17-16-35-4/h6-9,13,15-18,20,37H,2,4-5,10-12,14,19,22H2,1,3H3,(H,38,40)/b17-16-,29-27-. The number of thioether (sulfide) groups is 1. The highest BCUT2D eigenvalue weighted by Gasteiger charge is 2.17. The molecule has 1 aliphatic heterocycles. The highest BCUT2D eigenvalue weighted by atomic mass is 32.2. The number of thiocarbonyl (C=S) groups is 1. The van der Waals surface area contributed by atoms with Crippen LogP contribution in [0.15, 0.2) is 89.1 Å². The van der Waals surface area contributed by atoms with Gasteiger partial charge >= 0.3 is 0 Å². The second kappa shape index (κ2) is 16.6. The summed E-state index contributed by atoms with van der Waals surface area (Å²) in [6.07, 6.45) is 12.6. The van der Waals surface area contributed by atoms with Crippen LogP contribution in [0.1, 0.15) is 36.5 Å². The fraction of sp³-hybridized carbons (Fsp3) is 0.290. The Bertz CT molecular complexity index is 1380. The molecule has 0 atom stereocenters. The van der Waals surface area contributed by atoms with E-state index in [9.17, 15) is 9.65 Å². The maximum atomic E-state index is 14.4. The Hall–Kier alpha value is -3.68. The van der Waals surface area contributed by atoms with Crippen LogP contribution in [0.25, 0.3) is 0 Å². The third-order valence-corrected chi connectivity index (χ3v) is 8.03. The van der Waals surface area contributed by atoms with Crippen LogP contribution < -0.4 is 10.6 Å². The molecular weight excluding hydrogens is 550 g/mol. The van der Waals surface area contributed by atoms with Gasteiger partial charge in [-0.2, -0.15) is 0 Å². The van der Waals surface area contributed by atoms with Crippen LogP contribution in [0.4, 0.5) is 10.1 Å². The number of halogens is 1. The topological polar surface area (TPSA) is 76.3 Å². The average Bonchev–Trinajstić information content (AvgIpc) is 3.43. The number of nitriles is 1. The molecule has 0 fully saturated rings. The molecule has 0 unspecified atom stereocenters. The first-order valence-corrected chi connectivity index (χ1v) is 15.1. The summed E-state index contributed by atoms with van der Waals surface area (Å²) in [5.41, 5.74) is 6.37. The van der Waals surface area contributed by atoms with Gasteiger partial charge in [0.05, 0.1) is 5.88 Å². The lowest BCUT2D eigenvalue weighted by atomic mass is 9.50. The summed E-state index contributed by atoms with van der Waals surface area (Å²) < 4.78 is 14.4. The largest absolute Gasteiger partial charge is 0.384 e. The minimum Gasteiger partial charge on any atom is -0.384 e. The predicted molar refractivity (Wildman–Crippen MR) is 176 cm³/mol. The Morgan fingerprint density at radius 2 is 2.17 bits per heavy atom. The lowest BCUT2D eigenvalue weighted by Gasteiger charge is -2.20. The van der Waals surface area contributed by atoms with Gasteiger partial charge in [-0.05, 0) is 67.1 Å². The Morgan fingerprint density at radius 3 is 2.90 bits per heavy atom. The van der Waals surface area contributed by atoms with Gasteiger partial charge < -0.3 is 15.5 Å². The summed E-state index contributed by atoms with van der Waals surface area (Å²) in [7, 11) is 0. The van der Waals surface area contributed by atoms with Crippen LogP contribution in [0, 0.1) is 17.0 Å². The smallest absolute Gasteiger partial charge is 0.265 e. The summed E-state index contributed by atoms with van der Waals surface area (Å²) >= 11 is 7.55. The fourth-order valence-electron chi connectivity index (χ4n) is 4.47. The van der Waals surface area contributed by atoms with Crippen molar-refractivity contribution in [2.24, 2.45) is 4.99 Å². The number of aromatic nitrogens is 1. The molecule has 0 saturated carbocycles. The van der Waals surface area contributed by atoms with Gasteiger partial charge in [0.2, 0.25) is 0 Å². The number of aryl methyl sites for hydroxylation is 1. The van der Waals surface area contributed by atoms with Crippen LogP contribution >= 0.6 is 24.0 Å². The van der Waals surface area contributed by atoms with Crippen molar-refractivity contribution in [2.75, 3.05) is 11.2 Å². The number of hydrogen-bond acceptors (Lipinski definition) is 7. The van der Waals surface area contributed by atoms with Gasteiger partial charge in [-0.1, -0.05) is 51.0 Å². The second-order valence-corrected chi connectivity index (χ2v) is 10.8. The summed E-state index contributed by atoms with van der Waals surface area (Å²) in [5.74, 6) is 2.91. The van der Waals surface area contributed by atoms with E-state index in [0.717, 1.165) is 41.1 Å². The molecule has 0 saturated heterocycles. The normalized spacial score (nSPS) is 13.3. The number of benzene rings is 1. The number of allylic oxidation sites excluding steroid dienone is 2. The van der Waals surface area contributed by atoms with Crippen LogP contribution in [0.3, 0.4) is 0 Å². The van der Waals surface area contributed by atoms with Gasteiger partial charge in [0.15, 0.2) is 0 Å². The zero-order valence-electron chi connectivity index (χ0n) is 23.7. The van der Waals surface area contributed by atoms with E-state index >= 15 is 0 Å². The predicted octanol–water partition coefficient (Wildman–Crippen LogP) is 7.28. The summed E-state index contributed by atoms with van der Waals surface area (Å²) in [5, 5.41) is 18.4. The first-order valence-electron chi connectivity index (χ1n) is 13.6. The van der Waals surface area contributed by atoms with E-state index in [1.807, 2.05) is 38.3 Å². The Morgan fingerprint density at radius 1 is 1.34 bits per heavy atom. The summed E-state index contributed by atoms with van der Waals surface area (Å²) in [6, 6.07) is 6.97. The molecule has 1 aromatic carbocycles. The van der Waals surface area contributed by atoms with Crippen molar-refractivity contribution in [3.63, 3.8) is 0 Å². The Balaban J connectivity index is 1.81. The van der Waals surface area contributed by atoms with Gasteiger partial charge in [-0.25, -0.2) is 9.65 Å². The molecule has 0 aliphatic carbocycles. The highest BCUT2D eigenvalue weighted by molar-refractivity contribution is 8.02. The molecular formula is C31H36BFN6S2. The molecule has 2 heterocycles. The molecule has 3 rings (SSSR count). The van der Waals surface area contributed by atoms with Crippen LogP contribution in [-0.4, -0.2) is 34.2 Å². The molecule has 6 nitrogen and oxygen atoms in total. The highest BCUT2D eigenvalue weighted by Crippen LogP contribution is 2.28. The van der Waals surface area contributed by atoms with Gasteiger partial charge in [0, 0.05) is 65.5 Å². The monoisotopic (exact) mass is 586 g/mol. The molecule has 2 N–H and O–H groups in total. The van der Waals surface area contributed by atoms with Crippen LogP contribution in [0.5, 0.6) is 0 Å². The third-order valence-electron chi connectivity index (χ3n) is 6.84. The minimum atomic E-state index is -0.265. The molecule has 41 heavy (non-hydrogen) atoms. The molecule has 212 valence electrons. The maximum Gasteiger partial charge on any atom is 0.265 e. The van der Waals surface area contributed by atoms with E-state index in [4.69, 9.17) is 12.2 Å². The lowest BCUT2D eigenvalue weighted by molar-refractivity contribution is 0.528. The molecule has 10 heteroatoms. The zero-order chi connectivity index (χ0) is 29.6. The van der Waals surface area contributed by atoms with E-state index in [0.29, 0.717) is 41.9 Å². The zero-order valence-corrected chi connectivity index (χ0v) is 25.3. The van der Waals surface area contributed by atoms with Gasteiger partial charge in [0.25, 0.3) is 6.71 Å². The second-order valence-electron chi connectivity index (χ2n) is 9.59. The summed E-state index contributed by atoms with van der Waals surface area (Å²) in [6.45, 7) is 11.8. The quantitative estimate of drug-likeness (QED) is 0.0747. The van der Waals surface area contributed by atoms with E-state index in [2.05, 4.69) is 50.2 Å². The van der Waals surface area contributed by atoms with E-state index in [1.165, 1.54) is 11.8 Å². The number of pyridine rings is 1. The van der Waals surface area contributed by atoms with E-state index in [1.54, 1.807) is 36.3 Å². The summed E-state index contributed by atoms with van der Waals surface area (Å²) in [4.78, 5) is 10.8.